The number of benzene rings is 1. The van der Waals surface area contributed by atoms with E-state index in [-0.39, 0.29) is 28.1 Å². The number of nitrogens with two attached hydrogens (primary N) is 1. The van der Waals surface area contributed by atoms with E-state index in [9.17, 15) is 14.9 Å². The number of rotatable bonds is 1. The van der Waals surface area contributed by atoms with Crippen molar-refractivity contribution in [3.8, 4) is 6.07 Å². The molecule has 29 heavy (non-hydrogen) atoms. The number of aromatic nitrogens is 1. The molecular weight excluding hydrogens is 411 g/mol. The van der Waals surface area contributed by atoms with Crippen molar-refractivity contribution in [3.63, 3.8) is 0 Å². The third-order valence-corrected chi connectivity index (χ3v) is 6.18. The fourth-order valence-corrected chi connectivity index (χ4v) is 4.56. The number of hydrogen-bond donors (Lipinski definition) is 3. The van der Waals surface area contributed by atoms with Gasteiger partial charge in [-0.05, 0) is 29.5 Å². The second-order valence-corrected chi connectivity index (χ2v) is 9.02. The fraction of sp³-hybridized carbons (Fsp3) is 0.286. The van der Waals surface area contributed by atoms with Gasteiger partial charge in [0.2, 0.25) is 0 Å². The summed E-state index contributed by atoms with van der Waals surface area (Å²) in [5.41, 5.74) is 7.84. The lowest BCUT2D eigenvalue weighted by atomic mass is 9.68. The predicted molar refractivity (Wildman–Crippen MR) is 113 cm³/mol. The molecule has 1 aliphatic heterocycles. The number of anilines is 2. The minimum absolute atomic E-state index is 0.0120. The number of nitriles is 1. The Labute approximate surface area is 177 Å². The highest BCUT2D eigenvalue weighted by Gasteiger charge is 2.42. The third kappa shape index (κ3) is 3.11. The Morgan fingerprint density at radius 2 is 1.93 bits per heavy atom. The first kappa shape index (κ1) is 19.6. The van der Waals surface area contributed by atoms with E-state index in [4.69, 9.17) is 28.9 Å². The molecule has 6 nitrogen and oxygen atoms in total. The summed E-state index contributed by atoms with van der Waals surface area (Å²) in [6.07, 6.45) is 0.960. The molecule has 1 aliphatic carbocycles. The molecule has 148 valence electrons. The van der Waals surface area contributed by atoms with Gasteiger partial charge in [-0.15, -0.1) is 0 Å². The maximum absolute atomic E-state index is 13.2. The van der Waals surface area contributed by atoms with Crippen molar-refractivity contribution in [2.45, 2.75) is 32.6 Å². The van der Waals surface area contributed by atoms with Crippen molar-refractivity contribution in [3.05, 3.63) is 66.6 Å². The van der Waals surface area contributed by atoms with Crippen molar-refractivity contribution in [2.75, 3.05) is 11.1 Å². The summed E-state index contributed by atoms with van der Waals surface area (Å²) >= 11 is 12.3. The predicted octanol–water partition coefficient (Wildman–Crippen LogP) is 4.34. The number of pyridine rings is 1. The number of hydrogen-bond acceptors (Lipinski definition) is 5. The van der Waals surface area contributed by atoms with Crippen molar-refractivity contribution in [1.29, 1.82) is 5.26 Å². The highest BCUT2D eigenvalue weighted by molar-refractivity contribution is 6.42. The molecular formula is C21H18Cl2N4O2. The van der Waals surface area contributed by atoms with Crippen LogP contribution in [0.15, 0.2) is 34.3 Å². The lowest BCUT2D eigenvalue weighted by Crippen LogP contribution is -2.37. The molecule has 2 aliphatic rings. The summed E-state index contributed by atoms with van der Waals surface area (Å²) in [5, 5.41) is 13.5. The Morgan fingerprint density at radius 3 is 2.59 bits per heavy atom. The van der Waals surface area contributed by atoms with Crippen molar-refractivity contribution < 1.29 is 4.79 Å². The summed E-state index contributed by atoms with van der Waals surface area (Å²) in [7, 11) is 0. The average Bonchev–Trinajstić information content (AvgIpc) is 2.61. The van der Waals surface area contributed by atoms with Crippen LogP contribution in [0.2, 0.25) is 10.0 Å². The minimum Gasteiger partial charge on any atom is -0.384 e. The highest BCUT2D eigenvalue weighted by atomic mass is 35.5. The topological polar surface area (TPSA) is 112 Å². The Kier molecular flexibility index (Phi) is 4.49. The van der Waals surface area contributed by atoms with Crippen LogP contribution >= 0.6 is 23.2 Å². The Hall–Kier alpha value is -2.75. The van der Waals surface area contributed by atoms with Gasteiger partial charge in [-0.1, -0.05) is 43.1 Å². The molecule has 0 bridgehead atoms. The molecule has 1 atom stereocenters. The fourth-order valence-electron chi connectivity index (χ4n) is 4.26. The molecule has 2 heterocycles. The van der Waals surface area contributed by atoms with Crippen LogP contribution in [-0.4, -0.2) is 10.8 Å². The quantitative estimate of drug-likeness (QED) is 0.625. The largest absolute Gasteiger partial charge is 0.384 e. The number of nitrogens with one attached hydrogen (secondary N) is 2. The number of Topliss-reactive ketones (excluding diaryl/α,β-unsaturated/α-hetero) is 1. The van der Waals surface area contributed by atoms with Crippen LogP contribution in [0.4, 0.5) is 11.5 Å². The molecule has 4 rings (SSSR count). The molecule has 0 fully saturated rings. The van der Waals surface area contributed by atoms with Crippen LogP contribution in [0.1, 0.15) is 49.3 Å². The van der Waals surface area contributed by atoms with E-state index in [1.54, 1.807) is 18.2 Å². The minimum atomic E-state index is -0.670. The summed E-state index contributed by atoms with van der Waals surface area (Å²) in [5.74, 6) is -0.724. The van der Waals surface area contributed by atoms with Gasteiger partial charge >= 0.3 is 0 Å². The van der Waals surface area contributed by atoms with Gasteiger partial charge < -0.3 is 16.0 Å². The molecule has 0 saturated heterocycles. The Bertz CT molecular complexity index is 1200. The Morgan fingerprint density at radius 1 is 1.21 bits per heavy atom. The molecule has 0 spiro atoms. The standard InChI is InChI=1S/C21H18Cl2N4O2/c1-21(2)6-13-16(14(28)7-21)15(9-3-4-11(22)12(23)5-9)17-18(26-13)10(8-24)19(25)27-20(17)29/h3-5,15,26H,6-7H2,1-2H3,(H3,25,27,29). The number of halogens is 2. The van der Waals surface area contributed by atoms with Crippen molar-refractivity contribution >= 4 is 40.5 Å². The van der Waals surface area contributed by atoms with Crippen LogP contribution in [0.5, 0.6) is 0 Å². The third-order valence-electron chi connectivity index (χ3n) is 5.44. The van der Waals surface area contributed by atoms with Gasteiger partial charge in [-0.25, -0.2) is 0 Å². The van der Waals surface area contributed by atoms with E-state index < -0.39 is 11.5 Å². The summed E-state index contributed by atoms with van der Waals surface area (Å²) in [4.78, 5) is 28.6. The molecule has 0 amide bonds. The molecule has 1 aromatic heterocycles. The van der Waals surface area contributed by atoms with Gasteiger partial charge in [-0.2, -0.15) is 5.26 Å². The normalized spacial score (nSPS) is 19.8. The second kappa shape index (κ2) is 6.65. The number of H-pyrrole nitrogens is 1. The monoisotopic (exact) mass is 428 g/mol. The zero-order valence-electron chi connectivity index (χ0n) is 15.8. The van der Waals surface area contributed by atoms with Gasteiger partial charge in [0.05, 0.1) is 21.3 Å². The van der Waals surface area contributed by atoms with Crippen molar-refractivity contribution in [2.24, 2.45) is 5.41 Å². The molecule has 2 aromatic rings. The molecule has 0 radical (unpaired) electrons. The number of fused-ring (bicyclic) bond motifs is 1. The number of aromatic amines is 1. The molecule has 1 aromatic carbocycles. The zero-order valence-corrected chi connectivity index (χ0v) is 17.3. The summed E-state index contributed by atoms with van der Waals surface area (Å²) < 4.78 is 0. The maximum Gasteiger partial charge on any atom is 0.255 e. The average molecular weight is 429 g/mol. The summed E-state index contributed by atoms with van der Waals surface area (Å²) in [6.45, 7) is 4.02. The van der Waals surface area contributed by atoms with Crippen molar-refractivity contribution in [1.82, 2.24) is 4.98 Å². The van der Waals surface area contributed by atoms with E-state index in [0.717, 1.165) is 0 Å². The van der Waals surface area contributed by atoms with Gasteiger partial charge in [0.25, 0.3) is 5.56 Å². The zero-order chi connectivity index (χ0) is 21.1. The number of carbonyl (C=O) groups excluding carboxylic acids is 1. The van der Waals surface area contributed by atoms with Gasteiger partial charge in [0.15, 0.2) is 5.78 Å². The molecule has 4 N–H and O–H groups in total. The van der Waals surface area contributed by atoms with E-state index in [0.29, 0.717) is 45.4 Å². The van der Waals surface area contributed by atoms with Crippen LogP contribution in [0.3, 0.4) is 0 Å². The first-order valence-corrected chi connectivity index (χ1v) is 9.82. The molecule has 0 saturated carbocycles. The van der Waals surface area contributed by atoms with Crippen LogP contribution in [-0.2, 0) is 4.79 Å². The van der Waals surface area contributed by atoms with E-state index in [1.807, 2.05) is 13.8 Å². The number of ketones is 1. The first-order chi connectivity index (χ1) is 13.6. The van der Waals surface area contributed by atoms with Crippen LogP contribution < -0.4 is 16.6 Å². The first-order valence-electron chi connectivity index (χ1n) is 9.07. The smallest absolute Gasteiger partial charge is 0.255 e. The van der Waals surface area contributed by atoms with E-state index >= 15 is 0 Å². The number of carbonyl (C=O) groups is 1. The van der Waals surface area contributed by atoms with Gasteiger partial charge in [0.1, 0.15) is 17.5 Å². The highest BCUT2D eigenvalue weighted by Crippen LogP contribution is 2.49. The molecule has 8 heteroatoms. The van der Waals surface area contributed by atoms with E-state index in [1.165, 1.54) is 0 Å². The number of nitrogens with zero attached hydrogens (tertiary/aromatic N) is 1. The number of allylic oxidation sites excluding steroid dienone is 2. The summed E-state index contributed by atoms with van der Waals surface area (Å²) in [6, 6.07) is 7.09. The lowest BCUT2D eigenvalue weighted by Gasteiger charge is -2.39. The van der Waals surface area contributed by atoms with Crippen LogP contribution in [0, 0.1) is 16.7 Å². The van der Waals surface area contributed by atoms with Crippen LogP contribution in [0.25, 0.3) is 0 Å². The SMILES string of the molecule is CC1(C)CC(=O)C2=C(C1)Nc1c(C#N)c(N)[nH]c(=O)c1C2c1ccc(Cl)c(Cl)c1. The van der Waals surface area contributed by atoms with Gasteiger partial charge in [-0.3, -0.25) is 9.59 Å². The van der Waals surface area contributed by atoms with E-state index in [2.05, 4.69) is 16.4 Å². The lowest BCUT2D eigenvalue weighted by molar-refractivity contribution is -0.118. The number of nitrogen functional groups attached to an aromatic ring is 1. The molecule has 1 unspecified atom stereocenters. The van der Waals surface area contributed by atoms with Gasteiger partial charge in [0, 0.05) is 23.6 Å². The maximum atomic E-state index is 13.2. The Balaban J connectivity index is 2.07. The second-order valence-electron chi connectivity index (χ2n) is 8.21.